The molecule has 0 bridgehead atoms. The van der Waals surface area contributed by atoms with Crippen LogP contribution in [0.4, 0.5) is 4.39 Å². The molecule has 1 aliphatic heterocycles. The van der Waals surface area contributed by atoms with E-state index in [2.05, 4.69) is 23.6 Å². The lowest BCUT2D eigenvalue weighted by Gasteiger charge is -2.10. The largest absolute Gasteiger partial charge is 0.436 e. The molecule has 1 unspecified atom stereocenters. The van der Waals surface area contributed by atoms with E-state index in [1.54, 1.807) is 18.4 Å². The maximum absolute atomic E-state index is 13.3. The number of hydrogen-bond donors (Lipinski definition) is 2. The molecule has 0 aromatic heterocycles. The number of rotatable bonds is 4. The van der Waals surface area contributed by atoms with Crippen LogP contribution in [0.5, 0.6) is 0 Å². The van der Waals surface area contributed by atoms with Gasteiger partial charge in [-0.15, -0.1) is 0 Å². The maximum Gasteiger partial charge on any atom is 0.219 e. The summed E-state index contributed by atoms with van der Waals surface area (Å²) in [6, 6.07) is -0.129. The summed E-state index contributed by atoms with van der Waals surface area (Å²) in [4.78, 5) is 4.04. The van der Waals surface area contributed by atoms with Crippen LogP contribution in [0.3, 0.4) is 0 Å². The first-order valence-corrected chi connectivity index (χ1v) is 5.33. The molecule has 0 radical (unpaired) electrons. The second-order valence-electron chi connectivity index (χ2n) is 3.56. The smallest absolute Gasteiger partial charge is 0.219 e. The highest BCUT2D eigenvalue weighted by atomic mass is 19.1. The molecule has 4 nitrogen and oxygen atoms in total. The Labute approximate surface area is 106 Å². The van der Waals surface area contributed by atoms with Gasteiger partial charge in [0.05, 0.1) is 6.04 Å². The summed E-state index contributed by atoms with van der Waals surface area (Å²) in [5, 5.41) is 0. The lowest BCUT2D eigenvalue weighted by molar-refractivity contribution is 0.413. The van der Waals surface area contributed by atoms with Crippen molar-refractivity contribution in [3.05, 3.63) is 60.8 Å². The first-order valence-electron chi connectivity index (χ1n) is 5.33. The van der Waals surface area contributed by atoms with Gasteiger partial charge >= 0.3 is 0 Å². The van der Waals surface area contributed by atoms with Crippen LogP contribution in [0.15, 0.2) is 65.8 Å². The summed E-state index contributed by atoms with van der Waals surface area (Å²) < 4.78 is 18.6. The second kappa shape index (κ2) is 6.68. The minimum Gasteiger partial charge on any atom is -0.436 e. The van der Waals surface area contributed by atoms with Gasteiger partial charge < -0.3 is 4.74 Å². The van der Waals surface area contributed by atoms with Gasteiger partial charge in [-0.3, -0.25) is 5.84 Å². The van der Waals surface area contributed by atoms with E-state index < -0.39 is 5.83 Å². The fraction of sp³-hybridized carbons (Fsp3) is 0.154. The molecule has 0 aromatic rings. The number of halogens is 1. The van der Waals surface area contributed by atoms with E-state index in [1.165, 1.54) is 6.08 Å². The highest BCUT2D eigenvalue weighted by Gasteiger charge is 2.11. The van der Waals surface area contributed by atoms with Crippen molar-refractivity contribution < 1.29 is 9.13 Å². The van der Waals surface area contributed by atoms with Crippen molar-refractivity contribution in [2.75, 3.05) is 0 Å². The van der Waals surface area contributed by atoms with Gasteiger partial charge in [-0.1, -0.05) is 13.2 Å². The summed E-state index contributed by atoms with van der Waals surface area (Å²) in [6.45, 7) is 8.66. The zero-order valence-corrected chi connectivity index (χ0v) is 10.2. The number of hydrogen-bond acceptors (Lipinski definition) is 4. The number of ether oxygens (including phenoxy) is 1. The molecule has 1 heterocycles. The van der Waals surface area contributed by atoms with Crippen LogP contribution < -0.4 is 11.3 Å². The molecule has 0 fully saturated rings. The van der Waals surface area contributed by atoms with E-state index >= 15 is 0 Å². The first-order chi connectivity index (χ1) is 8.62. The van der Waals surface area contributed by atoms with E-state index in [-0.39, 0.29) is 17.7 Å². The Morgan fingerprint density at radius 1 is 1.56 bits per heavy atom. The molecule has 96 valence electrons. The zero-order chi connectivity index (χ0) is 13.5. The number of nitrogens with two attached hydrogens (primary N) is 1. The van der Waals surface area contributed by atoms with E-state index in [9.17, 15) is 4.39 Å². The van der Waals surface area contributed by atoms with Gasteiger partial charge in [-0.25, -0.2) is 14.8 Å². The number of allylic oxidation sites excluding steroid dienone is 3. The third-order valence-corrected chi connectivity index (χ3v) is 2.32. The van der Waals surface area contributed by atoms with E-state index in [1.807, 2.05) is 6.92 Å². The molecule has 0 spiro atoms. The molecule has 1 rings (SSSR count). The molecule has 0 saturated carbocycles. The van der Waals surface area contributed by atoms with Gasteiger partial charge in [0.25, 0.3) is 0 Å². The first kappa shape index (κ1) is 14.1. The Bertz CT molecular complexity index is 461. The second-order valence-corrected chi connectivity index (χ2v) is 3.56. The van der Waals surface area contributed by atoms with E-state index in [0.29, 0.717) is 0 Å². The average Bonchev–Trinajstić information content (AvgIpc) is 2.56. The highest BCUT2D eigenvalue weighted by Crippen LogP contribution is 2.14. The number of nitrogens with one attached hydrogen (secondary N) is 1. The Balaban J connectivity index is 2.96. The fourth-order valence-electron chi connectivity index (χ4n) is 1.32. The minimum atomic E-state index is -0.597. The van der Waals surface area contributed by atoms with Crippen molar-refractivity contribution in [2.45, 2.75) is 13.0 Å². The minimum absolute atomic E-state index is 0.0274. The number of aliphatic imine (C=N–C) groups is 1. The third kappa shape index (κ3) is 3.51. The van der Waals surface area contributed by atoms with Crippen molar-refractivity contribution in [3.63, 3.8) is 0 Å². The summed E-state index contributed by atoms with van der Waals surface area (Å²) in [7, 11) is 0. The standard InChI is InChI=1S/C13H16FN3O/c1-4-10(14)12(5-2)18-13-8-9(3)11(17-15)6-7-16-13/h4-8,11,17H,1-2,15H2,3H3/b12-10-. The molecule has 1 aliphatic rings. The Hall–Kier alpha value is -1.98. The monoisotopic (exact) mass is 249 g/mol. The number of nitrogens with zero attached hydrogens (tertiary/aromatic N) is 1. The van der Waals surface area contributed by atoms with Gasteiger partial charge in [0, 0.05) is 12.3 Å². The fourth-order valence-corrected chi connectivity index (χ4v) is 1.32. The zero-order valence-electron chi connectivity index (χ0n) is 10.2. The van der Waals surface area contributed by atoms with Crippen molar-refractivity contribution >= 4 is 5.90 Å². The van der Waals surface area contributed by atoms with Crippen molar-refractivity contribution in [1.29, 1.82) is 0 Å². The molecule has 18 heavy (non-hydrogen) atoms. The van der Waals surface area contributed by atoms with Crippen molar-refractivity contribution in [2.24, 2.45) is 10.8 Å². The predicted octanol–water partition coefficient (Wildman–Crippen LogP) is 2.26. The van der Waals surface area contributed by atoms with Gasteiger partial charge in [-0.05, 0) is 30.7 Å². The van der Waals surface area contributed by atoms with Gasteiger partial charge in [0.2, 0.25) is 5.90 Å². The van der Waals surface area contributed by atoms with Crippen molar-refractivity contribution in [1.82, 2.24) is 5.43 Å². The van der Waals surface area contributed by atoms with Crippen LogP contribution in [0.1, 0.15) is 6.92 Å². The third-order valence-electron chi connectivity index (χ3n) is 2.32. The van der Waals surface area contributed by atoms with E-state index in [4.69, 9.17) is 10.6 Å². The van der Waals surface area contributed by atoms with Crippen LogP contribution in [0, 0.1) is 0 Å². The van der Waals surface area contributed by atoms with Crippen LogP contribution in [0.2, 0.25) is 0 Å². The molecule has 0 aromatic carbocycles. The topological polar surface area (TPSA) is 59.6 Å². The van der Waals surface area contributed by atoms with Crippen molar-refractivity contribution in [3.8, 4) is 0 Å². The SMILES string of the molecule is C=C/C(F)=C(\C=C)OC1=NC=CC(NN)C(C)=C1. The average molecular weight is 249 g/mol. The van der Waals surface area contributed by atoms with E-state index in [0.717, 1.165) is 11.6 Å². The summed E-state index contributed by atoms with van der Waals surface area (Å²) in [5.74, 6) is 5.01. The molecule has 1 atom stereocenters. The lowest BCUT2D eigenvalue weighted by Crippen LogP contribution is -2.34. The molecule has 0 saturated heterocycles. The molecule has 0 amide bonds. The van der Waals surface area contributed by atoms with Gasteiger partial charge in [0.1, 0.15) is 0 Å². The highest BCUT2D eigenvalue weighted by molar-refractivity contribution is 5.90. The number of hydrazine groups is 1. The normalized spacial score (nSPS) is 20.3. The van der Waals surface area contributed by atoms with Crippen LogP contribution in [0.25, 0.3) is 0 Å². The quantitative estimate of drug-likeness (QED) is 0.348. The Morgan fingerprint density at radius 2 is 2.28 bits per heavy atom. The van der Waals surface area contributed by atoms with Crippen LogP contribution in [-0.2, 0) is 4.74 Å². The van der Waals surface area contributed by atoms with Gasteiger partial charge in [-0.2, -0.15) is 0 Å². The Kier molecular flexibility index (Phi) is 5.23. The Morgan fingerprint density at radius 3 is 2.83 bits per heavy atom. The summed E-state index contributed by atoms with van der Waals surface area (Å²) in [6.07, 6.45) is 7.29. The molecule has 0 aliphatic carbocycles. The molecular formula is C13H16FN3O. The van der Waals surface area contributed by atoms with Crippen LogP contribution in [-0.4, -0.2) is 11.9 Å². The summed E-state index contributed by atoms with van der Waals surface area (Å²) >= 11 is 0. The molecule has 3 N–H and O–H groups in total. The maximum atomic E-state index is 13.3. The molecular weight excluding hydrogens is 233 g/mol. The van der Waals surface area contributed by atoms with Crippen LogP contribution >= 0.6 is 0 Å². The lowest BCUT2D eigenvalue weighted by atomic mass is 10.1. The summed E-state index contributed by atoms with van der Waals surface area (Å²) in [5.41, 5.74) is 3.50. The predicted molar refractivity (Wildman–Crippen MR) is 71.1 cm³/mol. The molecule has 5 heteroatoms. The van der Waals surface area contributed by atoms with Gasteiger partial charge in [0.15, 0.2) is 11.6 Å².